The molecular weight excluding hydrogens is 204 g/mol. The SMILES string of the molecule is CCS(=O)(=O)CCCC(C)CC(=O)O. The smallest absolute Gasteiger partial charge is 0.303 e. The van der Waals surface area contributed by atoms with Gasteiger partial charge in [0.05, 0.1) is 5.75 Å². The Bertz CT molecular complexity index is 269. The normalized spacial score (nSPS) is 13.9. The fourth-order valence-electron chi connectivity index (χ4n) is 1.20. The Morgan fingerprint density at radius 2 is 2.00 bits per heavy atom. The van der Waals surface area contributed by atoms with E-state index in [9.17, 15) is 13.2 Å². The second kappa shape index (κ2) is 6.01. The Labute approximate surface area is 85.2 Å². The minimum atomic E-state index is -2.89. The Kier molecular flexibility index (Phi) is 5.76. The molecule has 0 amide bonds. The molecule has 0 aliphatic heterocycles. The van der Waals surface area contributed by atoms with Gasteiger partial charge in [0.25, 0.3) is 0 Å². The quantitative estimate of drug-likeness (QED) is 0.705. The van der Waals surface area contributed by atoms with Crippen LogP contribution in [0.1, 0.15) is 33.1 Å². The molecule has 0 aromatic carbocycles. The Hall–Kier alpha value is -0.580. The lowest BCUT2D eigenvalue weighted by Gasteiger charge is -2.07. The minimum Gasteiger partial charge on any atom is -0.481 e. The number of hydrogen-bond donors (Lipinski definition) is 1. The molecule has 0 aliphatic carbocycles. The molecule has 14 heavy (non-hydrogen) atoms. The zero-order chi connectivity index (χ0) is 11.2. The monoisotopic (exact) mass is 222 g/mol. The molecular formula is C9H18O4S. The van der Waals surface area contributed by atoms with Gasteiger partial charge in [-0.1, -0.05) is 13.8 Å². The second-order valence-corrected chi connectivity index (χ2v) is 6.05. The van der Waals surface area contributed by atoms with Crippen molar-refractivity contribution in [3.8, 4) is 0 Å². The van der Waals surface area contributed by atoms with Gasteiger partial charge in [-0.05, 0) is 18.8 Å². The first-order valence-electron chi connectivity index (χ1n) is 4.79. The highest BCUT2D eigenvalue weighted by atomic mass is 32.2. The molecule has 5 heteroatoms. The van der Waals surface area contributed by atoms with Gasteiger partial charge in [-0.15, -0.1) is 0 Å². The molecule has 84 valence electrons. The van der Waals surface area contributed by atoms with E-state index in [1.54, 1.807) is 6.92 Å². The van der Waals surface area contributed by atoms with Crippen molar-refractivity contribution in [1.29, 1.82) is 0 Å². The fourth-order valence-corrected chi connectivity index (χ4v) is 2.09. The predicted octanol–water partition coefficient (Wildman–Crippen LogP) is 1.31. The van der Waals surface area contributed by atoms with Crippen LogP contribution in [0.5, 0.6) is 0 Å². The number of sulfone groups is 1. The van der Waals surface area contributed by atoms with Crippen molar-refractivity contribution >= 4 is 15.8 Å². The zero-order valence-electron chi connectivity index (χ0n) is 8.69. The lowest BCUT2D eigenvalue weighted by Crippen LogP contribution is -2.11. The number of carboxylic acid groups (broad SMARTS) is 1. The van der Waals surface area contributed by atoms with Crippen molar-refractivity contribution in [2.75, 3.05) is 11.5 Å². The highest BCUT2D eigenvalue weighted by Gasteiger charge is 2.11. The van der Waals surface area contributed by atoms with Gasteiger partial charge in [0.15, 0.2) is 0 Å². The number of carboxylic acids is 1. The van der Waals surface area contributed by atoms with E-state index in [4.69, 9.17) is 5.11 Å². The molecule has 4 nitrogen and oxygen atoms in total. The molecule has 0 spiro atoms. The third-order valence-electron chi connectivity index (χ3n) is 2.12. The highest BCUT2D eigenvalue weighted by molar-refractivity contribution is 7.91. The van der Waals surface area contributed by atoms with Gasteiger partial charge in [-0.3, -0.25) is 4.79 Å². The number of hydrogen-bond acceptors (Lipinski definition) is 3. The fraction of sp³-hybridized carbons (Fsp3) is 0.889. The molecule has 1 N–H and O–H groups in total. The molecule has 0 aromatic heterocycles. The molecule has 1 atom stereocenters. The summed E-state index contributed by atoms with van der Waals surface area (Å²) in [4.78, 5) is 10.3. The summed E-state index contributed by atoms with van der Waals surface area (Å²) in [5.41, 5.74) is 0. The first-order valence-corrected chi connectivity index (χ1v) is 6.61. The van der Waals surface area contributed by atoms with Crippen LogP contribution in [0.4, 0.5) is 0 Å². The summed E-state index contributed by atoms with van der Waals surface area (Å²) in [6.45, 7) is 3.45. The summed E-state index contributed by atoms with van der Waals surface area (Å²) in [5, 5.41) is 8.47. The van der Waals surface area contributed by atoms with Crippen LogP contribution in [0.25, 0.3) is 0 Å². The van der Waals surface area contributed by atoms with Crippen LogP contribution in [0.2, 0.25) is 0 Å². The van der Waals surface area contributed by atoms with E-state index in [1.165, 1.54) is 0 Å². The van der Waals surface area contributed by atoms with Crippen molar-refractivity contribution in [3.05, 3.63) is 0 Å². The van der Waals surface area contributed by atoms with Crippen LogP contribution in [0, 0.1) is 5.92 Å². The van der Waals surface area contributed by atoms with E-state index in [0.717, 1.165) is 0 Å². The Balaban J connectivity index is 3.69. The second-order valence-electron chi connectivity index (χ2n) is 3.58. The standard InChI is InChI=1S/C9H18O4S/c1-3-14(12,13)6-4-5-8(2)7-9(10)11/h8H,3-7H2,1-2H3,(H,10,11). The Morgan fingerprint density at radius 3 is 2.43 bits per heavy atom. The van der Waals surface area contributed by atoms with Gasteiger partial charge >= 0.3 is 5.97 Å². The number of aliphatic carboxylic acids is 1. The van der Waals surface area contributed by atoms with Gasteiger partial charge in [-0.25, -0.2) is 8.42 Å². The average molecular weight is 222 g/mol. The summed E-state index contributed by atoms with van der Waals surface area (Å²) < 4.78 is 22.2. The first-order chi connectivity index (χ1) is 6.37. The lowest BCUT2D eigenvalue weighted by atomic mass is 10.0. The maximum atomic E-state index is 11.1. The van der Waals surface area contributed by atoms with Crippen molar-refractivity contribution in [2.45, 2.75) is 33.1 Å². The summed E-state index contributed by atoms with van der Waals surface area (Å²) in [6.07, 6.45) is 1.34. The van der Waals surface area contributed by atoms with Crippen LogP contribution >= 0.6 is 0 Å². The maximum absolute atomic E-state index is 11.1. The van der Waals surface area contributed by atoms with Gasteiger partial charge in [0.1, 0.15) is 9.84 Å². The van der Waals surface area contributed by atoms with E-state index >= 15 is 0 Å². The highest BCUT2D eigenvalue weighted by Crippen LogP contribution is 2.11. The van der Waals surface area contributed by atoms with Crippen molar-refractivity contribution < 1.29 is 18.3 Å². The predicted molar refractivity (Wildman–Crippen MR) is 55.0 cm³/mol. The van der Waals surface area contributed by atoms with Crippen LogP contribution in [-0.4, -0.2) is 31.0 Å². The molecule has 0 rings (SSSR count). The molecule has 0 bridgehead atoms. The number of carbonyl (C=O) groups is 1. The molecule has 0 aromatic rings. The first kappa shape index (κ1) is 13.4. The Morgan fingerprint density at radius 1 is 1.43 bits per heavy atom. The van der Waals surface area contributed by atoms with Gasteiger partial charge in [-0.2, -0.15) is 0 Å². The molecule has 0 radical (unpaired) electrons. The van der Waals surface area contributed by atoms with Crippen LogP contribution in [0.15, 0.2) is 0 Å². The van der Waals surface area contributed by atoms with Gasteiger partial charge < -0.3 is 5.11 Å². The van der Waals surface area contributed by atoms with Crippen LogP contribution in [0.3, 0.4) is 0 Å². The van der Waals surface area contributed by atoms with E-state index in [-0.39, 0.29) is 23.8 Å². The molecule has 0 saturated heterocycles. The summed E-state index contributed by atoms with van der Waals surface area (Å²) in [5.74, 6) is -0.427. The minimum absolute atomic E-state index is 0.0551. The third kappa shape index (κ3) is 6.88. The number of rotatable bonds is 7. The van der Waals surface area contributed by atoms with E-state index in [0.29, 0.717) is 12.8 Å². The van der Waals surface area contributed by atoms with E-state index in [1.807, 2.05) is 6.92 Å². The molecule has 0 fully saturated rings. The van der Waals surface area contributed by atoms with Crippen LogP contribution in [-0.2, 0) is 14.6 Å². The van der Waals surface area contributed by atoms with Crippen molar-refractivity contribution in [3.63, 3.8) is 0 Å². The molecule has 0 heterocycles. The van der Waals surface area contributed by atoms with Gasteiger partial charge in [0.2, 0.25) is 0 Å². The summed E-state index contributed by atoms with van der Waals surface area (Å²) >= 11 is 0. The average Bonchev–Trinajstić information content (AvgIpc) is 2.02. The molecule has 0 aliphatic rings. The topological polar surface area (TPSA) is 71.4 Å². The van der Waals surface area contributed by atoms with Crippen molar-refractivity contribution in [1.82, 2.24) is 0 Å². The van der Waals surface area contributed by atoms with E-state index < -0.39 is 15.8 Å². The maximum Gasteiger partial charge on any atom is 0.303 e. The zero-order valence-corrected chi connectivity index (χ0v) is 9.51. The van der Waals surface area contributed by atoms with E-state index in [2.05, 4.69) is 0 Å². The van der Waals surface area contributed by atoms with Crippen LogP contribution < -0.4 is 0 Å². The lowest BCUT2D eigenvalue weighted by molar-refractivity contribution is -0.138. The summed E-state index contributed by atoms with van der Waals surface area (Å²) in [6, 6.07) is 0. The largest absolute Gasteiger partial charge is 0.481 e. The molecule has 0 saturated carbocycles. The van der Waals surface area contributed by atoms with Gasteiger partial charge in [0, 0.05) is 12.2 Å². The van der Waals surface area contributed by atoms with Crippen molar-refractivity contribution in [2.24, 2.45) is 5.92 Å². The summed E-state index contributed by atoms with van der Waals surface area (Å²) in [7, 11) is -2.89. The third-order valence-corrected chi connectivity index (χ3v) is 3.91. The molecule has 1 unspecified atom stereocenters.